The Labute approximate surface area is 143 Å². The highest BCUT2D eigenvalue weighted by Gasteiger charge is 2.22. The molecule has 5 nitrogen and oxygen atoms in total. The smallest absolute Gasteiger partial charge is 0.250 e. The van der Waals surface area contributed by atoms with E-state index in [1.54, 1.807) is 0 Å². The number of carbonyl (C=O) groups excluding carboxylic acids is 2. The molecule has 0 aromatic heterocycles. The van der Waals surface area contributed by atoms with Gasteiger partial charge in [0.2, 0.25) is 5.91 Å². The number of nitrogens with zero attached hydrogens (tertiary/aromatic N) is 1. The Balaban J connectivity index is 1.92. The predicted octanol–water partition coefficient (Wildman–Crippen LogP) is 2.68. The van der Waals surface area contributed by atoms with Crippen LogP contribution in [0.3, 0.4) is 0 Å². The predicted molar refractivity (Wildman–Crippen MR) is 96.3 cm³/mol. The quantitative estimate of drug-likeness (QED) is 0.788. The standard InChI is InChI=1S/C19H27N3O2/c1-3-5-14(2)19(24)21-17-7-4-6-15(12-17)13-22-10-8-16(9-11-22)18(20)23/h4-7,12,16H,3,8-11,13H2,1-2H3,(H2,20,23)(H,21,24)/b14-5-. The van der Waals surface area contributed by atoms with E-state index in [4.69, 9.17) is 5.73 Å². The zero-order valence-corrected chi connectivity index (χ0v) is 14.5. The molecule has 3 N–H and O–H groups in total. The van der Waals surface area contributed by atoms with Crippen LogP contribution in [0.15, 0.2) is 35.9 Å². The van der Waals surface area contributed by atoms with Crippen LogP contribution in [0.5, 0.6) is 0 Å². The van der Waals surface area contributed by atoms with Crippen molar-refractivity contribution >= 4 is 17.5 Å². The van der Waals surface area contributed by atoms with Crippen LogP contribution in [0, 0.1) is 5.92 Å². The first-order valence-corrected chi connectivity index (χ1v) is 8.58. The summed E-state index contributed by atoms with van der Waals surface area (Å²) >= 11 is 0. The topological polar surface area (TPSA) is 75.4 Å². The van der Waals surface area contributed by atoms with Crippen molar-refractivity contribution in [3.63, 3.8) is 0 Å². The molecule has 0 radical (unpaired) electrons. The minimum Gasteiger partial charge on any atom is -0.369 e. The van der Waals surface area contributed by atoms with Gasteiger partial charge < -0.3 is 11.1 Å². The summed E-state index contributed by atoms with van der Waals surface area (Å²) in [6.07, 6.45) is 4.42. The number of carbonyl (C=O) groups is 2. The SMILES string of the molecule is CC/C=C(/C)C(=O)Nc1cccc(CN2CCC(C(N)=O)CC2)c1. The van der Waals surface area contributed by atoms with Crippen LogP contribution in [-0.2, 0) is 16.1 Å². The molecule has 0 atom stereocenters. The summed E-state index contributed by atoms with van der Waals surface area (Å²) in [6.45, 7) is 6.41. The number of hydrogen-bond donors (Lipinski definition) is 2. The summed E-state index contributed by atoms with van der Waals surface area (Å²) in [5.74, 6) is -0.230. The summed E-state index contributed by atoms with van der Waals surface area (Å²) in [5, 5.41) is 2.94. The third-order valence-corrected chi connectivity index (χ3v) is 4.45. The van der Waals surface area contributed by atoms with E-state index in [1.165, 1.54) is 0 Å². The van der Waals surface area contributed by atoms with Crippen LogP contribution in [0.25, 0.3) is 0 Å². The first-order valence-electron chi connectivity index (χ1n) is 8.58. The highest BCUT2D eigenvalue weighted by atomic mass is 16.2. The van der Waals surface area contributed by atoms with E-state index in [0.717, 1.165) is 55.7 Å². The molecule has 130 valence electrons. The summed E-state index contributed by atoms with van der Waals surface area (Å²) in [4.78, 5) is 25.6. The molecule has 1 aromatic rings. The number of piperidine rings is 1. The van der Waals surface area contributed by atoms with Gasteiger partial charge >= 0.3 is 0 Å². The average Bonchev–Trinajstić information content (AvgIpc) is 2.56. The van der Waals surface area contributed by atoms with Crippen molar-refractivity contribution < 1.29 is 9.59 Å². The number of nitrogens with two attached hydrogens (primary N) is 1. The number of rotatable bonds is 6. The summed E-state index contributed by atoms with van der Waals surface area (Å²) in [6, 6.07) is 7.93. The molecule has 2 amide bonds. The molecule has 0 saturated carbocycles. The fourth-order valence-electron chi connectivity index (χ4n) is 3.01. The Kier molecular flexibility index (Phi) is 6.55. The molecule has 0 spiro atoms. The zero-order chi connectivity index (χ0) is 17.5. The Morgan fingerprint density at radius 3 is 2.67 bits per heavy atom. The van der Waals surface area contributed by atoms with Gasteiger partial charge in [-0.1, -0.05) is 25.1 Å². The van der Waals surface area contributed by atoms with Gasteiger partial charge in [0.05, 0.1) is 0 Å². The van der Waals surface area contributed by atoms with Crippen molar-refractivity contribution in [2.45, 2.75) is 39.7 Å². The van der Waals surface area contributed by atoms with Crippen LogP contribution >= 0.6 is 0 Å². The highest BCUT2D eigenvalue weighted by Crippen LogP contribution is 2.20. The second-order valence-electron chi connectivity index (χ2n) is 6.40. The van der Waals surface area contributed by atoms with Gasteiger partial charge in [0.1, 0.15) is 0 Å². The Bertz CT molecular complexity index is 617. The Hall–Kier alpha value is -2.14. The van der Waals surface area contributed by atoms with Gasteiger partial charge in [0.15, 0.2) is 0 Å². The highest BCUT2D eigenvalue weighted by molar-refractivity contribution is 6.03. The van der Waals surface area contributed by atoms with Crippen molar-refractivity contribution in [2.75, 3.05) is 18.4 Å². The zero-order valence-electron chi connectivity index (χ0n) is 14.5. The van der Waals surface area contributed by atoms with Gasteiger partial charge in [0, 0.05) is 23.7 Å². The number of benzene rings is 1. The minimum atomic E-state index is -0.185. The summed E-state index contributed by atoms with van der Waals surface area (Å²) < 4.78 is 0. The number of anilines is 1. The monoisotopic (exact) mass is 329 g/mol. The molecule has 24 heavy (non-hydrogen) atoms. The molecule has 2 rings (SSSR count). The average molecular weight is 329 g/mol. The van der Waals surface area contributed by atoms with Gasteiger partial charge in [-0.25, -0.2) is 0 Å². The number of amides is 2. The number of likely N-dealkylation sites (tertiary alicyclic amines) is 1. The van der Waals surface area contributed by atoms with Crippen molar-refractivity contribution in [1.29, 1.82) is 0 Å². The van der Waals surface area contributed by atoms with E-state index >= 15 is 0 Å². The normalized spacial score (nSPS) is 16.8. The largest absolute Gasteiger partial charge is 0.369 e. The number of nitrogens with one attached hydrogen (secondary N) is 1. The first-order chi connectivity index (χ1) is 11.5. The lowest BCUT2D eigenvalue weighted by atomic mass is 9.96. The molecule has 1 fully saturated rings. The number of primary amides is 1. The first kappa shape index (κ1) is 18.2. The van der Waals surface area contributed by atoms with E-state index < -0.39 is 0 Å². The lowest BCUT2D eigenvalue weighted by molar-refractivity contribution is -0.123. The maximum atomic E-state index is 12.1. The molecular formula is C19H27N3O2. The van der Waals surface area contributed by atoms with Crippen LogP contribution in [0.2, 0.25) is 0 Å². The molecule has 1 aromatic carbocycles. The molecular weight excluding hydrogens is 302 g/mol. The third kappa shape index (κ3) is 5.20. The molecule has 1 saturated heterocycles. The molecule has 5 heteroatoms. The number of allylic oxidation sites excluding steroid dienone is 1. The van der Waals surface area contributed by atoms with E-state index in [2.05, 4.69) is 16.3 Å². The van der Waals surface area contributed by atoms with E-state index in [0.29, 0.717) is 0 Å². The van der Waals surface area contributed by atoms with E-state index in [-0.39, 0.29) is 17.7 Å². The molecule has 1 aliphatic rings. The van der Waals surface area contributed by atoms with E-state index in [9.17, 15) is 9.59 Å². The van der Waals surface area contributed by atoms with Gasteiger partial charge in [-0.3, -0.25) is 14.5 Å². The number of hydrogen-bond acceptors (Lipinski definition) is 3. The van der Waals surface area contributed by atoms with Crippen LogP contribution in [0.1, 0.15) is 38.7 Å². The molecule has 0 bridgehead atoms. The van der Waals surface area contributed by atoms with Crippen molar-refractivity contribution in [1.82, 2.24) is 4.90 Å². The maximum absolute atomic E-state index is 12.1. The fraction of sp³-hybridized carbons (Fsp3) is 0.474. The van der Waals surface area contributed by atoms with E-state index in [1.807, 2.05) is 38.1 Å². The second kappa shape index (κ2) is 8.64. The van der Waals surface area contributed by atoms with Gasteiger partial charge in [-0.15, -0.1) is 0 Å². The molecule has 0 aliphatic carbocycles. The van der Waals surface area contributed by atoms with Crippen molar-refractivity contribution in [2.24, 2.45) is 11.7 Å². The Morgan fingerprint density at radius 1 is 1.33 bits per heavy atom. The summed E-state index contributed by atoms with van der Waals surface area (Å²) in [7, 11) is 0. The van der Waals surface area contributed by atoms with Crippen molar-refractivity contribution in [3.05, 3.63) is 41.5 Å². The summed E-state index contributed by atoms with van der Waals surface area (Å²) in [5.41, 5.74) is 8.08. The second-order valence-corrected chi connectivity index (χ2v) is 6.40. The maximum Gasteiger partial charge on any atom is 0.250 e. The molecule has 1 heterocycles. The molecule has 0 unspecified atom stereocenters. The van der Waals surface area contributed by atoms with Crippen LogP contribution in [-0.4, -0.2) is 29.8 Å². The van der Waals surface area contributed by atoms with Crippen molar-refractivity contribution in [3.8, 4) is 0 Å². The van der Waals surface area contributed by atoms with Crippen LogP contribution < -0.4 is 11.1 Å². The van der Waals surface area contributed by atoms with Gasteiger partial charge in [-0.05, 0) is 57.0 Å². The minimum absolute atomic E-state index is 0.0141. The fourth-order valence-corrected chi connectivity index (χ4v) is 3.01. The van der Waals surface area contributed by atoms with Gasteiger partial charge in [0.25, 0.3) is 5.91 Å². The lowest BCUT2D eigenvalue weighted by Crippen LogP contribution is -2.38. The van der Waals surface area contributed by atoms with Gasteiger partial charge in [-0.2, -0.15) is 0 Å². The molecule has 1 aliphatic heterocycles. The third-order valence-electron chi connectivity index (χ3n) is 4.45. The lowest BCUT2D eigenvalue weighted by Gasteiger charge is -2.30. The van der Waals surface area contributed by atoms with Crippen LogP contribution in [0.4, 0.5) is 5.69 Å². The Morgan fingerprint density at radius 2 is 2.04 bits per heavy atom.